The summed E-state index contributed by atoms with van der Waals surface area (Å²) in [6, 6.07) is 23.6. The summed E-state index contributed by atoms with van der Waals surface area (Å²) in [6.45, 7) is 6.12. The summed E-state index contributed by atoms with van der Waals surface area (Å²) < 4.78 is 0. The van der Waals surface area contributed by atoms with Crippen molar-refractivity contribution in [3.63, 3.8) is 0 Å². The van der Waals surface area contributed by atoms with E-state index in [1.165, 1.54) is 49.3 Å². The van der Waals surface area contributed by atoms with E-state index >= 15 is 0 Å². The Balaban J connectivity index is 0.000000361. The molecule has 0 atom stereocenters. The van der Waals surface area contributed by atoms with Crippen LogP contribution in [0.15, 0.2) is 72.8 Å². The van der Waals surface area contributed by atoms with Gasteiger partial charge in [-0.25, -0.2) is 0 Å². The van der Waals surface area contributed by atoms with Crippen LogP contribution in [0.4, 0.5) is 0 Å². The Morgan fingerprint density at radius 1 is 0.500 bits per heavy atom. The van der Waals surface area contributed by atoms with Crippen molar-refractivity contribution in [1.29, 1.82) is 0 Å². The maximum Gasteiger partial charge on any atom is 2.00 e. The normalized spacial score (nSPS) is 14.4. The van der Waals surface area contributed by atoms with Gasteiger partial charge in [-0.1, -0.05) is 85.6 Å². The second-order valence-corrected chi connectivity index (χ2v) is 10.6. The molecule has 2 aliphatic rings. The first-order valence-electron chi connectivity index (χ1n) is 14.6. The fraction of sp³-hybridized carbons (Fsp3) is 0.375. The van der Waals surface area contributed by atoms with Crippen molar-refractivity contribution in [2.45, 2.75) is 51.6 Å². The van der Waals surface area contributed by atoms with E-state index in [4.69, 9.17) is 30.6 Å². The standard InChI is InChI=1S/2C16H19NO.2Cu.2NO3/c2*18-16-9-8-13-6-2-3-7-14(13)15(16)12-17-10-4-1-5-11-17;;;2*2-1(3)4/h2*2-3,6-9,18H,1,4-5,10-12H2;;;;/q;;2*+2;2*-1/p-2. The molecular formula is C32H36Cu2N4O8. The van der Waals surface area contributed by atoms with Gasteiger partial charge in [-0.05, 0) is 84.5 Å². The van der Waals surface area contributed by atoms with E-state index in [-0.39, 0.29) is 45.6 Å². The number of likely N-dealkylation sites (tertiary alicyclic amines) is 2. The van der Waals surface area contributed by atoms with Crippen molar-refractivity contribution in [2.75, 3.05) is 26.2 Å². The zero-order valence-corrected chi connectivity index (χ0v) is 27.0. The number of hydrogen-bond acceptors (Lipinski definition) is 10. The van der Waals surface area contributed by atoms with Gasteiger partial charge in [0.15, 0.2) is 0 Å². The van der Waals surface area contributed by atoms with Crippen LogP contribution < -0.4 is 10.2 Å². The molecule has 14 heteroatoms. The summed E-state index contributed by atoms with van der Waals surface area (Å²) >= 11 is 0. The van der Waals surface area contributed by atoms with E-state index in [0.717, 1.165) is 61.2 Å². The first-order chi connectivity index (χ1) is 21.2. The third-order valence-corrected chi connectivity index (χ3v) is 7.66. The molecule has 0 saturated carbocycles. The van der Waals surface area contributed by atoms with Gasteiger partial charge in [-0.15, -0.1) is 11.5 Å². The van der Waals surface area contributed by atoms with Gasteiger partial charge < -0.3 is 40.9 Å². The van der Waals surface area contributed by atoms with Gasteiger partial charge in [0.1, 0.15) is 0 Å². The number of benzene rings is 4. The van der Waals surface area contributed by atoms with Crippen LogP contribution in [-0.4, -0.2) is 46.2 Å². The van der Waals surface area contributed by atoms with E-state index in [9.17, 15) is 10.2 Å². The van der Waals surface area contributed by atoms with Crippen LogP contribution in [-0.2, 0) is 47.2 Å². The number of fused-ring (bicyclic) bond motifs is 2. The van der Waals surface area contributed by atoms with Gasteiger partial charge in [0.05, 0.1) is 10.2 Å². The maximum atomic E-state index is 12.1. The molecule has 4 aromatic carbocycles. The number of rotatable bonds is 4. The van der Waals surface area contributed by atoms with E-state index < -0.39 is 10.2 Å². The molecule has 0 bridgehead atoms. The molecule has 46 heavy (non-hydrogen) atoms. The summed E-state index contributed by atoms with van der Waals surface area (Å²) in [5.41, 5.74) is 1.94. The van der Waals surface area contributed by atoms with Crippen molar-refractivity contribution >= 4 is 21.5 Å². The molecule has 2 fully saturated rings. The fourth-order valence-electron chi connectivity index (χ4n) is 5.64. The number of hydrogen-bond donors (Lipinski definition) is 0. The third kappa shape index (κ3) is 13.4. The summed E-state index contributed by atoms with van der Waals surface area (Å²) in [5, 5.41) is 58.2. The Labute approximate surface area is 288 Å². The molecule has 0 spiro atoms. The molecule has 6 rings (SSSR count). The Morgan fingerprint density at radius 2 is 0.804 bits per heavy atom. The predicted octanol–water partition coefficient (Wildman–Crippen LogP) is 5.32. The first kappa shape index (κ1) is 40.4. The second kappa shape index (κ2) is 21.2. The van der Waals surface area contributed by atoms with Crippen LogP contribution in [0.25, 0.3) is 21.5 Å². The third-order valence-electron chi connectivity index (χ3n) is 7.66. The molecule has 2 radical (unpaired) electrons. The van der Waals surface area contributed by atoms with Crippen LogP contribution in [0.1, 0.15) is 49.7 Å². The molecule has 12 nitrogen and oxygen atoms in total. The SMILES string of the molecule is O=[N+]([O-])[O-].O=[N+]([O-])[O-].[Cu+2].[Cu+2].[O-]c1ccc2ccccc2c1CN1CCCCC1.[O-]c1ccc2ccccc2c1CN1CCCCC1. The fourth-order valence-corrected chi connectivity index (χ4v) is 5.64. The minimum Gasteiger partial charge on any atom is -0.872 e. The van der Waals surface area contributed by atoms with E-state index in [2.05, 4.69) is 34.1 Å². The van der Waals surface area contributed by atoms with Gasteiger partial charge >= 0.3 is 34.1 Å². The molecule has 2 aliphatic heterocycles. The quantitative estimate of drug-likeness (QED) is 0.151. The van der Waals surface area contributed by atoms with Crippen molar-refractivity contribution in [1.82, 2.24) is 9.80 Å². The molecule has 4 aromatic rings. The largest absolute Gasteiger partial charge is 2.00 e. The summed E-state index contributed by atoms with van der Waals surface area (Å²) in [5.74, 6) is 0.360. The van der Waals surface area contributed by atoms with Gasteiger partial charge in [-0.2, -0.15) is 0 Å². The molecule has 254 valence electrons. The Kier molecular flexibility index (Phi) is 18.6. The van der Waals surface area contributed by atoms with Gasteiger partial charge in [0.25, 0.3) is 0 Å². The van der Waals surface area contributed by atoms with Crippen molar-refractivity contribution < 1.29 is 54.5 Å². The monoisotopic (exact) mass is 730 g/mol. The topological polar surface area (TPSA) is 185 Å². The average molecular weight is 732 g/mol. The minimum absolute atomic E-state index is 0. The molecule has 2 heterocycles. The molecule has 0 N–H and O–H groups in total. The van der Waals surface area contributed by atoms with E-state index in [0.29, 0.717) is 0 Å². The molecular weight excluding hydrogens is 695 g/mol. The second-order valence-electron chi connectivity index (χ2n) is 10.6. The molecule has 0 unspecified atom stereocenters. The molecule has 0 aliphatic carbocycles. The summed E-state index contributed by atoms with van der Waals surface area (Å²) in [7, 11) is 0. The Bertz CT molecular complexity index is 1400. The van der Waals surface area contributed by atoms with E-state index in [1.807, 2.05) is 36.4 Å². The predicted molar refractivity (Wildman–Crippen MR) is 166 cm³/mol. The first-order valence-corrected chi connectivity index (χ1v) is 14.6. The van der Waals surface area contributed by atoms with Gasteiger partial charge in [0, 0.05) is 13.1 Å². The van der Waals surface area contributed by atoms with Crippen LogP contribution in [0.5, 0.6) is 11.5 Å². The molecule has 2 saturated heterocycles. The number of nitrogens with zero attached hydrogens (tertiary/aromatic N) is 4. The van der Waals surface area contributed by atoms with Crippen LogP contribution in [0.2, 0.25) is 0 Å². The molecule has 0 amide bonds. The van der Waals surface area contributed by atoms with Crippen molar-refractivity contribution in [3.8, 4) is 11.5 Å². The maximum absolute atomic E-state index is 12.1. The van der Waals surface area contributed by atoms with Gasteiger partial charge in [-0.3, -0.25) is 9.80 Å². The summed E-state index contributed by atoms with van der Waals surface area (Å²) in [4.78, 5) is 21.3. The van der Waals surface area contributed by atoms with Gasteiger partial charge in [0.2, 0.25) is 0 Å². The van der Waals surface area contributed by atoms with Crippen LogP contribution in [0, 0.1) is 30.6 Å². The molecule has 0 aromatic heterocycles. The minimum atomic E-state index is -1.75. The van der Waals surface area contributed by atoms with Crippen LogP contribution >= 0.6 is 0 Å². The zero-order valence-electron chi connectivity index (χ0n) is 25.1. The average Bonchev–Trinajstić information content (AvgIpc) is 3.01. The Morgan fingerprint density at radius 3 is 1.13 bits per heavy atom. The smallest absolute Gasteiger partial charge is 0.872 e. The number of piperidine rings is 2. The summed E-state index contributed by atoms with van der Waals surface area (Å²) in [6.07, 6.45) is 7.71. The van der Waals surface area contributed by atoms with Crippen molar-refractivity contribution in [2.24, 2.45) is 0 Å². The van der Waals surface area contributed by atoms with E-state index in [1.54, 1.807) is 12.1 Å². The van der Waals surface area contributed by atoms with Crippen molar-refractivity contribution in [3.05, 3.63) is 115 Å². The zero-order chi connectivity index (χ0) is 31.9. The Hall–Kier alpha value is -3.64. The van der Waals surface area contributed by atoms with Crippen LogP contribution in [0.3, 0.4) is 0 Å².